The molecule has 2 aromatic carbocycles. The number of carbonyl (C=O) groups excluding carboxylic acids is 2. The number of hydrogen-bond donors (Lipinski definition) is 1. The Bertz CT molecular complexity index is 1380. The number of carbonyl (C=O) groups is 2. The fourth-order valence-electron chi connectivity index (χ4n) is 4.25. The number of hydrogen-bond acceptors (Lipinski definition) is 6. The van der Waals surface area contributed by atoms with Gasteiger partial charge in [-0.25, -0.2) is 9.78 Å². The molecule has 1 unspecified atom stereocenters. The number of pyridine rings is 1. The van der Waals surface area contributed by atoms with Crippen LogP contribution in [0.15, 0.2) is 36.5 Å². The van der Waals surface area contributed by atoms with Crippen LogP contribution in [0, 0.1) is 12.1 Å². The number of quaternary nitrogens is 1. The number of ether oxygens (including phenoxy) is 1. The molecule has 4 rings (SSSR count). The van der Waals surface area contributed by atoms with E-state index in [4.69, 9.17) is 4.74 Å². The van der Waals surface area contributed by atoms with E-state index in [2.05, 4.69) is 9.55 Å². The topological polar surface area (TPSA) is 91.9 Å². The Labute approximate surface area is 209 Å². The van der Waals surface area contributed by atoms with Crippen LogP contribution in [0.4, 0.5) is 0 Å². The zero-order valence-corrected chi connectivity index (χ0v) is 21.3. The maximum absolute atomic E-state index is 13.0. The van der Waals surface area contributed by atoms with Gasteiger partial charge >= 0.3 is 11.9 Å². The highest BCUT2D eigenvalue weighted by Crippen LogP contribution is 2.37. The Morgan fingerprint density at radius 1 is 1.09 bits per heavy atom. The monoisotopic (exact) mass is 506 g/mol. The number of amides is 1. The van der Waals surface area contributed by atoms with Gasteiger partial charge < -0.3 is 24.5 Å². The Kier molecular flexibility index (Phi) is 8.63. The van der Waals surface area contributed by atoms with Crippen molar-refractivity contribution in [2.24, 2.45) is 7.05 Å². The number of nitrogens with zero attached hydrogens (tertiary/aromatic N) is 3. The van der Waals surface area contributed by atoms with E-state index in [9.17, 15) is 14.8 Å². The lowest BCUT2D eigenvalue weighted by Gasteiger charge is -2.21. The molecule has 0 aliphatic heterocycles. The lowest BCUT2D eigenvalue weighted by molar-refractivity contribution is -0.757. The fourth-order valence-corrected chi connectivity index (χ4v) is 4.25. The molecule has 0 aliphatic rings. The average Bonchev–Trinajstić information content (AvgIpc) is 3.02. The summed E-state index contributed by atoms with van der Waals surface area (Å²) in [6.45, 7) is 4.01. The third-order valence-electron chi connectivity index (χ3n) is 5.76. The number of halogens is 2. The van der Waals surface area contributed by atoms with Crippen molar-refractivity contribution in [3.05, 3.63) is 53.0 Å². The number of likely N-dealkylation sites (N-methyl/N-ethyl adjacent to an activating group) is 1. The lowest BCUT2D eigenvalue weighted by Crippen LogP contribution is -3.10. The molecule has 10 heteroatoms. The SMILES string of the molecule is CC(=O)Oc1ccc2c(c1)c1cc3c(C(=O)[NH+]([O-])CCN(C)C)nccc3c(C)c1n2C.Cl.Cl. The van der Waals surface area contributed by atoms with Gasteiger partial charge in [0.2, 0.25) is 0 Å². The van der Waals surface area contributed by atoms with Crippen molar-refractivity contribution in [3.8, 4) is 5.75 Å². The second kappa shape index (κ2) is 10.7. The van der Waals surface area contributed by atoms with E-state index >= 15 is 0 Å². The Balaban J connectivity index is 0.00000204. The summed E-state index contributed by atoms with van der Waals surface area (Å²) < 4.78 is 7.36. The molecule has 1 atom stereocenters. The van der Waals surface area contributed by atoms with Crippen LogP contribution in [0.25, 0.3) is 32.6 Å². The molecule has 1 amide bonds. The number of hydroxylamine groups is 2. The van der Waals surface area contributed by atoms with Crippen molar-refractivity contribution in [1.82, 2.24) is 14.5 Å². The first-order valence-corrected chi connectivity index (χ1v) is 10.4. The number of nitrogens with one attached hydrogen (secondary N) is 1. The van der Waals surface area contributed by atoms with E-state index in [0.29, 0.717) is 17.7 Å². The van der Waals surface area contributed by atoms with E-state index in [1.54, 1.807) is 12.3 Å². The van der Waals surface area contributed by atoms with Crippen LogP contribution in [0.2, 0.25) is 0 Å². The van der Waals surface area contributed by atoms with Crippen molar-refractivity contribution in [1.29, 1.82) is 0 Å². The van der Waals surface area contributed by atoms with E-state index in [1.165, 1.54) is 6.92 Å². The Morgan fingerprint density at radius 3 is 2.44 bits per heavy atom. The van der Waals surface area contributed by atoms with Crippen molar-refractivity contribution in [3.63, 3.8) is 0 Å². The van der Waals surface area contributed by atoms with E-state index in [1.807, 2.05) is 57.2 Å². The first-order chi connectivity index (χ1) is 15.2. The number of aryl methyl sites for hydroxylation is 2. The Hall–Kier alpha value is -2.75. The fraction of sp³-hybridized carbons (Fsp3) is 0.292. The Morgan fingerprint density at radius 2 is 1.79 bits per heavy atom. The van der Waals surface area contributed by atoms with E-state index in [0.717, 1.165) is 32.8 Å². The van der Waals surface area contributed by atoms with Crippen LogP contribution in [0.1, 0.15) is 23.0 Å². The predicted molar refractivity (Wildman–Crippen MR) is 138 cm³/mol. The molecule has 1 N–H and O–H groups in total. The molecule has 8 nitrogen and oxygen atoms in total. The smallest absolute Gasteiger partial charge is 0.363 e. The quantitative estimate of drug-likeness (QED) is 0.254. The third kappa shape index (κ3) is 4.87. The number of aromatic nitrogens is 2. The predicted octanol–water partition coefficient (Wildman–Crippen LogP) is 3.04. The molecule has 0 radical (unpaired) electrons. The minimum absolute atomic E-state index is 0. The van der Waals surface area contributed by atoms with Gasteiger partial charge in [-0.2, -0.15) is 0 Å². The highest BCUT2D eigenvalue weighted by atomic mass is 35.5. The second-order valence-corrected chi connectivity index (χ2v) is 8.29. The molecule has 0 saturated carbocycles. The van der Waals surface area contributed by atoms with Gasteiger partial charge in [0.05, 0.1) is 12.1 Å². The summed E-state index contributed by atoms with van der Waals surface area (Å²) in [5.74, 6) is -0.506. The highest BCUT2D eigenvalue weighted by molar-refractivity contribution is 6.17. The summed E-state index contributed by atoms with van der Waals surface area (Å²) in [6.07, 6.45) is 1.58. The molecule has 0 saturated heterocycles. The van der Waals surface area contributed by atoms with Gasteiger partial charge in [0.15, 0.2) is 5.69 Å². The van der Waals surface area contributed by atoms with Gasteiger partial charge in [0, 0.05) is 48.4 Å². The molecule has 0 spiro atoms. The number of rotatable bonds is 5. The van der Waals surface area contributed by atoms with Crippen molar-refractivity contribution >= 4 is 69.3 Å². The summed E-state index contributed by atoms with van der Waals surface area (Å²) in [4.78, 5) is 30.5. The van der Waals surface area contributed by atoms with Crippen LogP contribution in [-0.4, -0.2) is 53.5 Å². The van der Waals surface area contributed by atoms with Crippen molar-refractivity contribution in [2.75, 3.05) is 27.2 Å². The largest absolute Gasteiger partial charge is 0.626 e. The summed E-state index contributed by atoms with van der Waals surface area (Å²) in [5.41, 5.74) is 3.14. The molecule has 0 fully saturated rings. The molecule has 4 aromatic rings. The van der Waals surface area contributed by atoms with Crippen molar-refractivity contribution in [2.45, 2.75) is 13.8 Å². The summed E-state index contributed by atoms with van der Waals surface area (Å²) in [6, 6.07) is 9.28. The first kappa shape index (κ1) is 27.5. The molecule has 2 heterocycles. The third-order valence-corrected chi connectivity index (χ3v) is 5.76. The zero-order chi connectivity index (χ0) is 23.2. The van der Waals surface area contributed by atoms with Crippen LogP contribution >= 0.6 is 24.8 Å². The maximum atomic E-state index is 13.0. The number of esters is 1. The molecule has 0 bridgehead atoms. The molecular weight excluding hydrogens is 479 g/mol. The van der Waals surface area contributed by atoms with Gasteiger partial charge in [-0.1, -0.05) is 0 Å². The van der Waals surface area contributed by atoms with Crippen LogP contribution in [0.3, 0.4) is 0 Å². The zero-order valence-electron chi connectivity index (χ0n) is 19.7. The summed E-state index contributed by atoms with van der Waals surface area (Å²) in [5, 5.41) is 15.4. The molecule has 34 heavy (non-hydrogen) atoms. The highest BCUT2D eigenvalue weighted by Gasteiger charge is 2.22. The lowest BCUT2D eigenvalue weighted by atomic mass is 10.00. The van der Waals surface area contributed by atoms with E-state index < -0.39 is 11.0 Å². The minimum Gasteiger partial charge on any atom is -0.626 e. The molecule has 2 aromatic heterocycles. The van der Waals surface area contributed by atoms with Crippen molar-refractivity contribution < 1.29 is 19.4 Å². The molecule has 182 valence electrons. The summed E-state index contributed by atoms with van der Waals surface area (Å²) >= 11 is 0. The number of fused-ring (bicyclic) bond motifs is 4. The minimum atomic E-state index is -0.572. The molecule has 0 aliphatic carbocycles. The van der Waals surface area contributed by atoms with Gasteiger partial charge in [-0.05, 0) is 62.3 Å². The normalized spacial score (nSPS) is 12.0. The van der Waals surface area contributed by atoms with Gasteiger partial charge in [0.25, 0.3) is 0 Å². The molecular formula is C24H28Cl2N4O4. The standard InChI is InChI=1S/C24H26N4O4.2ClH/c1-14-17-8-9-25-22(24(30)28(31)11-10-26(3)4)19(17)13-20-18-12-16(32-15(2)29)6-7-21(18)27(5)23(14)20;;/h6-9,12-13,28H,10-11H2,1-5H3;2*1H. The first-order valence-electron chi connectivity index (χ1n) is 10.4. The average molecular weight is 507 g/mol. The van der Waals surface area contributed by atoms with Gasteiger partial charge in [-0.15, -0.1) is 24.8 Å². The second-order valence-electron chi connectivity index (χ2n) is 8.29. The maximum Gasteiger partial charge on any atom is 0.363 e. The van der Waals surface area contributed by atoms with Crippen LogP contribution in [-0.2, 0) is 11.8 Å². The van der Waals surface area contributed by atoms with Gasteiger partial charge in [-0.3, -0.25) is 4.79 Å². The summed E-state index contributed by atoms with van der Waals surface area (Å²) in [7, 11) is 5.70. The van der Waals surface area contributed by atoms with Crippen LogP contribution in [0.5, 0.6) is 5.75 Å². The van der Waals surface area contributed by atoms with Crippen LogP contribution < -0.4 is 9.80 Å². The van der Waals surface area contributed by atoms with E-state index in [-0.39, 0.29) is 43.0 Å². The van der Waals surface area contributed by atoms with Gasteiger partial charge in [0.1, 0.15) is 5.75 Å². The number of benzene rings is 2.